The zero-order valence-corrected chi connectivity index (χ0v) is 10.4. The van der Waals surface area contributed by atoms with Crippen LogP contribution in [0.2, 0.25) is 0 Å². The summed E-state index contributed by atoms with van der Waals surface area (Å²) in [5.74, 6) is 0.772. The highest BCUT2D eigenvalue weighted by Gasteiger charge is 2.16. The number of nitrogens with one attached hydrogen (secondary N) is 1. The lowest BCUT2D eigenvalue weighted by Crippen LogP contribution is -2.41. The van der Waals surface area contributed by atoms with Crippen LogP contribution in [-0.2, 0) is 0 Å². The summed E-state index contributed by atoms with van der Waals surface area (Å²) < 4.78 is 0. The Bertz CT molecular complexity index is 140. The summed E-state index contributed by atoms with van der Waals surface area (Å²) in [6.07, 6.45) is 3.59. The molecule has 0 aliphatic carbocycles. The molecule has 0 aromatic carbocycles. The summed E-state index contributed by atoms with van der Waals surface area (Å²) in [5.41, 5.74) is -0.594. The van der Waals surface area contributed by atoms with Gasteiger partial charge in [0.25, 0.3) is 0 Å². The van der Waals surface area contributed by atoms with E-state index in [9.17, 15) is 5.11 Å². The van der Waals surface area contributed by atoms with Crippen LogP contribution in [0.15, 0.2) is 0 Å². The van der Waals surface area contributed by atoms with Crippen molar-refractivity contribution >= 4 is 0 Å². The van der Waals surface area contributed by atoms with Crippen LogP contribution in [0, 0.1) is 5.92 Å². The molecular weight excluding hydrogens is 174 g/mol. The average molecular weight is 201 g/mol. The molecule has 0 rings (SSSR count). The van der Waals surface area contributed by atoms with E-state index >= 15 is 0 Å². The molecule has 2 N–H and O–H groups in total. The molecule has 0 heterocycles. The van der Waals surface area contributed by atoms with Gasteiger partial charge in [-0.05, 0) is 32.6 Å². The van der Waals surface area contributed by atoms with Crippen molar-refractivity contribution in [1.82, 2.24) is 5.32 Å². The molecule has 0 fully saturated rings. The van der Waals surface area contributed by atoms with Crippen LogP contribution in [0.5, 0.6) is 0 Å². The van der Waals surface area contributed by atoms with E-state index in [0.29, 0.717) is 12.6 Å². The van der Waals surface area contributed by atoms with Crippen LogP contribution in [-0.4, -0.2) is 23.3 Å². The van der Waals surface area contributed by atoms with Gasteiger partial charge in [-0.15, -0.1) is 0 Å². The first kappa shape index (κ1) is 13.9. The zero-order valence-electron chi connectivity index (χ0n) is 10.4. The molecule has 0 aromatic heterocycles. The average Bonchev–Trinajstić information content (AvgIpc) is 2.10. The van der Waals surface area contributed by atoms with Gasteiger partial charge < -0.3 is 10.4 Å². The predicted molar refractivity (Wildman–Crippen MR) is 62.5 cm³/mol. The van der Waals surface area contributed by atoms with Crippen molar-refractivity contribution in [2.24, 2.45) is 5.92 Å². The summed E-state index contributed by atoms with van der Waals surface area (Å²) in [4.78, 5) is 0. The molecule has 0 amide bonds. The van der Waals surface area contributed by atoms with E-state index in [1.54, 1.807) is 0 Å². The molecule has 0 aliphatic rings. The molecule has 0 radical (unpaired) electrons. The quantitative estimate of drug-likeness (QED) is 0.663. The van der Waals surface area contributed by atoms with Gasteiger partial charge in [-0.3, -0.25) is 0 Å². The zero-order chi connectivity index (χ0) is 11.2. The third-order valence-corrected chi connectivity index (χ3v) is 2.70. The Kier molecular flexibility index (Phi) is 6.38. The molecule has 2 atom stereocenters. The van der Waals surface area contributed by atoms with E-state index in [-0.39, 0.29) is 0 Å². The largest absolute Gasteiger partial charge is 0.389 e. The highest BCUT2D eigenvalue weighted by atomic mass is 16.3. The lowest BCUT2D eigenvalue weighted by molar-refractivity contribution is 0.0750. The van der Waals surface area contributed by atoms with Crippen LogP contribution in [0.1, 0.15) is 53.9 Å². The summed E-state index contributed by atoms with van der Waals surface area (Å²) in [6, 6.07) is 0.552. The third kappa shape index (κ3) is 7.34. The van der Waals surface area contributed by atoms with Crippen LogP contribution in [0.4, 0.5) is 0 Å². The highest BCUT2D eigenvalue weighted by Crippen LogP contribution is 2.12. The first-order valence-electron chi connectivity index (χ1n) is 5.84. The molecule has 14 heavy (non-hydrogen) atoms. The van der Waals surface area contributed by atoms with E-state index in [2.05, 4.69) is 26.1 Å². The number of aliphatic hydroxyl groups is 1. The molecule has 0 saturated carbocycles. The number of rotatable bonds is 7. The fraction of sp³-hybridized carbons (Fsp3) is 1.00. The maximum absolute atomic E-state index is 9.59. The Labute approximate surface area is 89.1 Å². The van der Waals surface area contributed by atoms with Gasteiger partial charge in [-0.1, -0.05) is 27.2 Å². The monoisotopic (exact) mass is 201 g/mol. The van der Waals surface area contributed by atoms with Crippen molar-refractivity contribution in [3.63, 3.8) is 0 Å². The molecule has 0 bridgehead atoms. The minimum atomic E-state index is -0.594. The van der Waals surface area contributed by atoms with Crippen LogP contribution >= 0.6 is 0 Å². The Morgan fingerprint density at radius 3 is 2.14 bits per heavy atom. The van der Waals surface area contributed by atoms with Crippen molar-refractivity contribution < 1.29 is 5.11 Å². The molecule has 2 nitrogen and oxygen atoms in total. The molecule has 0 aromatic rings. The van der Waals surface area contributed by atoms with Crippen molar-refractivity contribution in [2.45, 2.75) is 65.5 Å². The van der Waals surface area contributed by atoms with Gasteiger partial charge in [0.05, 0.1) is 5.60 Å². The first-order valence-corrected chi connectivity index (χ1v) is 5.84. The third-order valence-electron chi connectivity index (χ3n) is 2.70. The summed E-state index contributed by atoms with van der Waals surface area (Å²) >= 11 is 0. The number of hydrogen-bond acceptors (Lipinski definition) is 2. The molecule has 0 aliphatic heterocycles. The van der Waals surface area contributed by atoms with Gasteiger partial charge in [0.2, 0.25) is 0 Å². The maximum Gasteiger partial charge on any atom is 0.0715 e. The van der Waals surface area contributed by atoms with E-state index in [1.807, 2.05) is 13.8 Å². The van der Waals surface area contributed by atoms with Crippen molar-refractivity contribution in [2.75, 3.05) is 6.54 Å². The number of hydrogen-bond donors (Lipinski definition) is 2. The second-order valence-corrected chi connectivity index (χ2v) is 5.05. The van der Waals surface area contributed by atoms with Gasteiger partial charge >= 0.3 is 0 Å². The summed E-state index contributed by atoms with van der Waals surface area (Å²) in [6.45, 7) is 11.1. The van der Waals surface area contributed by atoms with Crippen molar-refractivity contribution in [3.05, 3.63) is 0 Å². The molecule has 86 valence electrons. The minimum Gasteiger partial charge on any atom is -0.389 e. The van der Waals surface area contributed by atoms with Gasteiger partial charge in [-0.25, -0.2) is 0 Å². The second kappa shape index (κ2) is 6.41. The summed E-state index contributed by atoms with van der Waals surface area (Å²) in [5, 5.41) is 13.0. The van der Waals surface area contributed by atoms with Crippen LogP contribution in [0.3, 0.4) is 0 Å². The summed E-state index contributed by atoms with van der Waals surface area (Å²) in [7, 11) is 0. The van der Waals surface area contributed by atoms with E-state index < -0.39 is 5.60 Å². The first-order chi connectivity index (χ1) is 6.39. The standard InChI is InChI=1S/C12H27NO/c1-6-10(3)8-11(7-2)13-9-12(4,5)14/h10-11,13-14H,6-9H2,1-5H3/t10-,11-/m0/s1. The normalized spacial score (nSPS) is 16.7. The van der Waals surface area contributed by atoms with Crippen LogP contribution in [0.25, 0.3) is 0 Å². The van der Waals surface area contributed by atoms with Gasteiger partial charge in [0, 0.05) is 12.6 Å². The van der Waals surface area contributed by atoms with Crippen LogP contribution < -0.4 is 5.32 Å². The van der Waals surface area contributed by atoms with Gasteiger partial charge in [0.1, 0.15) is 0 Å². The molecule has 0 unspecified atom stereocenters. The van der Waals surface area contributed by atoms with Gasteiger partial charge in [-0.2, -0.15) is 0 Å². The maximum atomic E-state index is 9.59. The Balaban J connectivity index is 3.80. The minimum absolute atomic E-state index is 0.552. The Hall–Kier alpha value is -0.0800. The van der Waals surface area contributed by atoms with E-state index in [1.165, 1.54) is 12.8 Å². The van der Waals surface area contributed by atoms with Crippen molar-refractivity contribution in [1.29, 1.82) is 0 Å². The molecule has 0 saturated heterocycles. The molecule has 0 spiro atoms. The van der Waals surface area contributed by atoms with E-state index in [0.717, 1.165) is 12.3 Å². The lowest BCUT2D eigenvalue weighted by atomic mass is 9.97. The lowest BCUT2D eigenvalue weighted by Gasteiger charge is -2.25. The van der Waals surface area contributed by atoms with Gasteiger partial charge in [0.15, 0.2) is 0 Å². The fourth-order valence-electron chi connectivity index (χ4n) is 1.44. The molecular formula is C12H27NO. The van der Waals surface area contributed by atoms with E-state index in [4.69, 9.17) is 0 Å². The van der Waals surface area contributed by atoms with Crippen molar-refractivity contribution in [3.8, 4) is 0 Å². The predicted octanol–water partition coefficient (Wildman–Crippen LogP) is 2.56. The second-order valence-electron chi connectivity index (χ2n) is 5.05. The Morgan fingerprint density at radius 1 is 1.21 bits per heavy atom. The smallest absolute Gasteiger partial charge is 0.0715 e. The fourth-order valence-corrected chi connectivity index (χ4v) is 1.44. The Morgan fingerprint density at radius 2 is 1.79 bits per heavy atom. The molecule has 2 heteroatoms. The topological polar surface area (TPSA) is 32.3 Å². The SMILES string of the molecule is CC[C@H](C)C[C@H](CC)NCC(C)(C)O. The highest BCUT2D eigenvalue weighted by molar-refractivity contribution is 4.74.